The number of aryl methyl sites for hydroxylation is 1. The second kappa shape index (κ2) is 10.1. The predicted octanol–water partition coefficient (Wildman–Crippen LogP) is 2.38. The highest BCUT2D eigenvalue weighted by Gasteiger charge is 2.49. The summed E-state index contributed by atoms with van der Waals surface area (Å²) in [6.45, 7) is 3.72. The van der Waals surface area contributed by atoms with Crippen molar-refractivity contribution < 1.29 is 24.2 Å². The second-order valence-corrected chi connectivity index (χ2v) is 8.31. The topological polar surface area (TPSA) is 95.9 Å². The summed E-state index contributed by atoms with van der Waals surface area (Å²) in [7, 11) is 0. The molecule has 1 aromatic rings. The maximum atomic E-state index is 13.2. The fourth-order valence-electron chi connectivity index (χ4n) is 4.89. The molecule has 1 saturated carbocycles. The molecule has 7 nitrogen and oxygen atoms in total. The minimum atomic E-state index is -0.948. The van der Waals surface area contributed by atoms with Crippen LogP contribution < -0.4 is 5.32 Å². The Hall–Kier alpha value is -2.41. The molecule has 1 aliphatic carbocycles. The molecule has 1 saturated heterocycles. The summed E-state index contributed by atoms with van der Waals surface area (Å²) in [6.07, 6.45) is 4.54. The number of carbonyl (C=O) groups excluding carboxylic acids is 2. The number of benzene rings is 1. The summed E-state index contributed by atoms with van der Waals surface area (Å²) < 4.78 is 5.21. The number of aliphatic carboxylic acids is 1. The van der Waals surface area contributed by atoms with E-state index in [2.05, 4.69) is 5.32 Å². The highest BCUT2D eigenvalue weighted by atomic mass is 16.5. The number of nitrogens with one attached hydrogen (secondary N) is 1. The van der Waals surface area contributed by atoms with Crippen molar-refractivity contribution in [1.82, 2.24) is 10.2 Å². The van der Waals surface area contributed by atoms with Crippen LogP contribution in [0.25, 0.3) is 0 Å². The van der Waals surface area contributed by atoms with Crippen molar-refractivity contribution in [1.29, 1.82) is 0 Å². The van der Waals surface area contributed by atoms with Crippen LogP contribution in [0.5, 0.6) is 0 Å². The van der Waals surface area contributed by atoms with Gasteiger partial charge in [-0.3, -0.25) is 14.9 Å². The first kappa shape index (κ1) is 22.3. The zero-order valence-electron chi connectivity index (χ0n) is 17.8. The summed E-state index contributed by atoms with van der Waals surface area (Å²) in [5, 5.41) is 12.8. The van der Waals surface area contributed by atoms with E-state index in [1.54, 1.807) is 18.7 Å². The molecular formula is C23H32N2O5. The lowest BCUT2D eigenvalue weighted by atomic mass is 10.0. The van der Waals surface area contributed by atoms with Crippen molar-refractivity contribution in [3.8, 4) is 0 Å². The molecular weight excluding hydrogens is 384 g/mol. The minimum absolute atomic E-state index is 0.00629. The lowest BCUT2D eigenvalue weighted by Gasteiger charge is -2.31. The van der Waals surface area contributed by atoms with Crippen LogP contribution in [0.15, 0.2) is 30.3 Å². The third kappa shape index (κ3) is 5.01. The van der Waals surface area contributed by atoms with E-state index in [1.807, 2.05) is 30.3 Å². The maximum Gasteiger partial charge on any atom is 0.326 e. The highest BCUT2D eigenvalue weighted by Crippen LogP contribution is 2.41. The van der Waals surface area contributed by atoms with Crippen molar-refractivity contribution >= 4 is 17.8 Å². The fourth-order valence-corrected chi connectivity index (χ4v) is 4.89. The molecule has 2 aliphatic rings. The lowest BCUT2D eigenvalue weighted by Crippen LogP contribution is -2.55. The van der Waals surface area contributed by atoms with E-state index in [0.717, 1.165) is 24.8 Å². The van der Waals surface area contributed by atoms with Crippen LogP contribution in [0, 0.1) is 5.92 Å². The number of likely N-dealkylation sites (tertiary alicyclic amines) is 1. The van der Waals surface area contributed by atoms with Crippen LogP contribution in [0.2, 0.25) is 0 Å². The molecule has 1 aliphatic heterocycles. The molecule has 30 heavy (non-hydrogen) atoms. The quantitative estimate of drug-likeness (QED) is 0.600. The van der Waals surface area contributed by atoms with Gasteiger partial charge in [-0.25, -0.2) is 4.79 Å². The van der Waals surface area contributed by atoms with E-state index in [9.17, 15) is 19.5 Å². The van der Waals surface area contributed by atoms with E-state index in [-0.39, 0.29) is 30.4 Å². The zero-order chi connectivity index (χ0) is 21.7. The van der Waals surface area contributed by atoms with Crippen molar-refractivity contribution in [2.75, 3.05) is 6.61 Å². The van der Waals surface area contributed by atoms with Crippen molar-refractivity contribution in [2.24, 2.45) is 5.92 Å². The van der Waals surface area contributed by atoms with E-state index in [1.165, 1.54) is 0 Å². The fraction of sp³-hybridized carbons (Fsp3) is 0.609. The number of ether oxygens (including phenoxy) is 1. The number of rotatable bonds is 9. The number of fused-ring (bicyclic) bond motifs is 1. The lowest BCUT2D eigenvalue weighted by molar-refractivity contribution is -0.151. The van der Waals surface area contributed by atoms with Crippen molar-refractivity contribution in [3.05, 3.63) is 35.9 Å². The number of nitrogens with zero attached hydrogens (tertiary/aromatic N) is 1. The first-order chi connectivity index (χ1) is 14.4. The van der Waals surface area contributed by atoms with Gasteiger partial charge in [-0.2, -0.15) is 0 Å². The molecule has 0 radical (unpaired) electrons. The van der Waals surface area contributed by atoms with Crippen molar-refractivity contribution in [2.45, 2.75) is 76.5 Å². The van der Waals surface area contributed by atoms with Gasteiger partial charge in [-0.15, -0.1) is 0 Å². The Labute approximate surface area is 177 Å². The van der Waals surface area contributed by atoms with Crippen LogP contribution in [0.1, 0.15) is 51.5 Å². The molecule has 7 heteroatoms. The van der Waals surface area contributed by atoms with E-state index in [4.69, 9.17) is 4.74 Å². The third-order valence-electron chi connectivity index (χ3n) is 6.33. The standard InChI is InChI=1S/C23H32N2O5/c1-3-30-23(29)18(13-12-16-8-5-4-6-9-16)24-15(2)21(26)25-19-11-7-10-17(19)14-20(25)22(27)28/h4-6,8-9,15,17-20,24H,3,7,10-14H2,1-2H3,(H,27,28)/t15?,17?,18-,19+,20?/m0/s1. The largest absolute Gasteiger partial charge is 0.480 e. The average Bonchev–Trinajstić information content (AvgIpc) is 3.32. The van der Waals surface area contributed by atoms with Crippen LogP contribution >= 0.6 is 0 Å². The average molecular weight is 417 g/mol. The van der Waals surface area contributed by atoms with Gasteiger partial charge in [0.1, 0.15) is 12.1 Å². The number of carboxylic acids is 1. The highest BCUT2D eigenvalue weighted by molar-refractivity contribution is 5.88. The Balaban J connectivity index is 1.68. The van der Waals surface area contributed by atoms with Gasteiger partial charge < -0.3 is 14.7 Å². The van der Waals surface area contributed by atoms with Gasteiger partial charge in [-0.05, 0) is 57.4 Å². The van der Waals surface area contributed by atoms with Crippen LogP contribution in [0.3, 0.4) is 0 Å². The Morgan fingerprint density at radius 1 is 1.23 bits per heavy atom. The van der Waals surface area contributed by atoms with Gasteiger partial charge in [0.25, 0.3) is 0 Å². The SMILES string of the molecule is CCOC(=O)[C@H](CCc1ccccc1)NC(C)C(=O)N1C(C(=O)O)CC2CCC[C@H]21. The zero-order valence-corrected chi connectivity index (χ0v) is 17.8. The molecule has 0 aromatic heterocycles. The monoisotopic (exact) mass is 416 g/mol. The molecule has 2 fully saturated rings. The van der Waals surface area contributed by atoms with Crippen LogP contribution in [-0.2, 0) is 25.5 Å². The molecule has 0 bridgehead atoms. The molecule has 1 heterocycles. The Morgan fingerprint density at radius 2 is 1.97 bits per heavy atom. The maximum absolute atomic E-state index is 13.2. The summed E-state index contributed by atoms with van der Waals surface area (Å²) in [6, 6.07) is 7.76. The summed E-state index contributed by atoms with van der Waals surface area (Å²) in [4.78, 5) is 39.1. The molecule has 164 valence electrons. The van der Waals surface area contributed by atoms with Gasteiger partial charge >= 0.3 is 11.9 Å². The Morgan fingerprint density at radius 3 is 2.63 bits per heavy atom. The summed E-state index contributed by atoms with van der Waals surface area (Å²) >= 11 is 0. The Kier molecular flexibility index (Phi) is 7.48. The molecule has 1 amide bonds. The van der Waals surface area contributed by atoms with E-state index >= 15 is 0 Å². The van der Waals surface area contributed by atoms with Crippen molar-refractivity contribution in [3.63, 3.8) is 0 Å². The van der Waals surface area contributed by atoms with Gasteiger partial charge in [0.15, 0.2) is 0 Å². The normalized spacial score (nSPS) is 24.9. The minimum Gasteiger partial charge on any atom is -0.480 e. The smallest absolute Gasteiger partial charge is 0.326 e. The molecule has 3 unspecified atom stereocenters. The summed E-state index contributed by atoms with van der Waals surface area (Å²) in [5.41, 5.74) is 1.10. The summed E-state index contributed by atoms with van der Waals surface area (Å²) in [5.74, 6) is -1.31. The Bertz CT molecular complexity index is 753. The predicted molar refractivity (Wildman–Crippen MR) is 112 cm³/mol. The molecule has 5 atom stereocenters. The number of esters is 1. The number of amides is 1. The number of hydrogen-bond acceptors (Lipinski definition) is 5. The first-order valence-corrected chi connectivity index (χ1v) is 10.9. The van der Waals surface area contributed by atoms with E-state index < -0.39 is 24.1 Å². The van der Waals surface area contributed by atoms with E-state index in [0.29, 0.717) is 19.3 Å². The second-order valence-electron chi connectivity index (χ2n) is 8.31. The van der Waals surface area contributed by atoms with Gasteiger partial charge in [0, 0.05) is 6.04 Å². The number of carbonyl (C=O) groups is 3. The van der Waals surface area contributed by atoms with Crippen LogP contribution in [-0.4, -0.2) is 58.6 Å². The first-order valence-electron chi connectivity index (χ1n) is 10.9. The molecule has 3 rings (SSSR count). The number of hydrogen-bond donors (Lipinski definition) is 2. The van der Waals surface area contributed by atoms with Gasteiger partial charge in [0.2, 0.25) is 5.91 Å². The third-order valence-corrected chi connectivity index (χ3v) is 6.33. The molecule has 0 spiro atoms. The van der Waals surface area contributed by atoms with Gasteiger partial charge in [-0.1, -0.05) is 36.8 Å². The van der Waals surface area contributed by atoms with Crippen LogP contribution in [0.4, 0.5) is 0 Å². The number of carboxylic acid groups (broad SMARTS) is 1. The van der Waals surface area contributed by atoms with Gasteiger partial charge in [0.05, 0.1) is 12.6 Å². The molecule has 1 aromatic carbocycles. The molecule has 2 N–H and O–H groups in total.